The van der Waals surface area contributed by atoms with Gasteiger partial charge in [-0.2, -0.15) is 0 Å². The highest BCUT2D eigenvalue weighted by molar-refractivity contribution is 5.82. The standard InChI is InChI=1S/C9H8N2O2/c1-13-8-4-2-3-7-5-11(12)6-10-9(7)8/h2-6H,1H3. The third kappa shape index (κ3) is 1.26. The van der Waals surface area contributed by atoms with E-state index in [1.54, 1.807) is 7.11 Å². The maximum atomic E-state index is 10.9. The van der Waals surface area contributed by atoms with Crippen LogP contribution < -0.4 is 9.47 Å². The van der Waals surface area contributed by atoms with Crippen LogP contribution in [-0.4, -0.2) is 12.1 Å². The van der Waals surface area contributed by atoms with E-state index in [0.29, 0.717) is 16.0 Å². The van der Waals surface area contributed by atoms with Gasteiger partial charge in [-0.15, -0.1) is 0 Å². The smallest absolute Gasteiger partial charge is 0.290 e. The number of nitrogens with zero attached hydrogens (tertiary/aromatic N) is 2. The van der Waals surface area contributed by atoms with Gasteiger partial charge in [0.05, 0.1) is 12.5 Å². The summed E-state index contributed by atoms with van der Waals surface area (Å²) in [6.07, 6.45) is 2.68. The van der Waals surface area contributed by atoms with Crippen molar-refractivity contribution >= 4 is 10.9 Å². The molecule has 0 radical (unpaired) electrons. The van der Waals surface area contributed by atoms with Crippen molar-refractivity contribution < 1.29 is 9.47 Å². The van der Waals surface area contributed by atoms with Crippen LogP contribution in [0.25, 0.3) is 10.9 Å². The molecule has 1 aromatic carbocycles. The topological polar surface area (TPSA) is 49.1 Å². The van der Waals surface area contributed by atoms with Gasteiger partial charge in [-0.05, 0) is 17.1 Å². The summed E-state index contributed by atoms with van der Waals surface area (Å²) < 4.78 is 5.76. The molecule has 1 aromatic heterocycles. The van der Waals surface area contributed by atoms with E-state index in [9.17, 15) is 5.21 Å². The van der Waals surface area contributed by atoms with Crippen LogP contribution >= 0.6 is 0 Å². The Morgan fingerprint density at radius 3 is 3.08 bits per heavy atom. The van der Waals surface area contributed by atoms with E-state index in [4.69, 9.17) is 4.74 Å². The molecule has 4 heteroatoms. The van der Waals surface area contributed by atoms with Crippen molar-refractivity contribution in [1.29, 1.82) is 0 Å². The summed E-state index contributed by atoms with van der Waals surface area (Å²) in [5, 5.41) is 11.7. The Morgan fingerprint density at radius 1 is 1.46 bits per heavy atom. The Balaban J connectivity index is 2.77. The molecule has 0 fully saturated rings. The zero-order chi connectivity index (χ0) is 9.26. The normalized spacial score (nSPS) is 10.2. The van der Waals surface area contributed by atoms with Gasteiger partial charge in [0.15, 0.2) is 5.75 Å². The first-order chi connectivity index (χ1) is 6.31. The van der Waals surface area contributed by atoms with E-state index in [-0.39, 0.29) is 0 Å². The fourth-order valence-electron chi connectivity index (χ4n) is 1.23. The monoisotopic (exact) mass is 176 g/mol. The Labute approximate surface area is 75.0 Å². The summed E-state index contributed by atoms with van der Waals surface area (Å²) in [5.41, 5.74) is 0.706. The van der Waals surface area contributed by atoms with E-state index < -0.39 is 0 Å². The minimum Gasteiger partial charge on any atom is -0.711 e. The van der Waals surface area contributed by atoms with E-state index >= 15 is 0 Å². The highest BCUT2D eigenvalue weighted by Crippen LogP contribution is 2.20. The van der Waals surface area contributed by atoms with E-state index in [1.165, 1.54) is 12.5 Å². The van der Waals surface area contributed by atoms with Crippen molar-refractivity contribution in [3.05, 3.63) is 35.9 Å². The van der Waals surface area contributed by atoms with Gasteiger partial charge in [-0.25, -0.2) is 4.73 Å². The Hall–Kier alpha value is -1.84. The van der Waals surface area contributed by atoms with Crippen LogP contribution in [0.5, 0.6) is 5.75 Å². The second-order valence-electron chi connectivity index (χ2n) is 2.63. The summed E-state index contributed by atoms with van der Waals surface area (Å²) in [6, 6.07) is 5.45. The number of ether oxygens (including phenoxy) is 1. The van der Waals surface area contributed by atoms with Crippen molar-refractivity contribution in [3.63, 3.8) is 0 Å². The van der Waals surface area contributed by atoms with Gasteiger partial charge in [-0.1, -0.05) is 6.07 Å². The summed E-state index contributed by atoms with van der Waals surface area (Å²) in [5.74, 6) is 0.679. The molecule has 0 saturated carbocycles. The molecular weight excluding hydrogens is 168 g/mol. The average Bonchev–Trinajstić information content (AvgIpc) is 2.16. The highest BCUT2D eigenvalue weighted by Gasteiger charge is 2.06. The summed E-state index contributed by atoms with van der Waals surface area (Å²) >= 11 is 0. The summed E-state index contributed by atoms with van der Waals surface area (Å²) in [6.45, 7) is 0. The third-order valence-electron chi connectivity index (χ3n) is 1.82. The lowest BCUT2D eigenvalue weighted by atomic mass is 10.2. The SMILES string of the molecule is COc1cccc2c[n+]([O-])cnc12. The minimum atomic E-state index is 0.668. The molecule has 0 atom stereocenters. The van der Waals surface area contributed by atoms with Gasteiger partial charge in [0.1, 0.15) is 6.20 Å². The molecule has 0 bridgehead atoms. The Morgan fingerprint density at radius 2 is 2.31 bits per heavy atom. The van der Waals surface area contributed by atoms with Crippen LogP contribution in [0.2, 0.25) is 0 Å². The number of hydrogen-bond acceptors (Lipinski definition) is 3. The molecule has 0 aliphatic rings. The lowest BCUT2D eigenvalue weighted by Gasteiger charge is -2.02. The molecule has 66 valence electrons. The maximum absolute atomic E-state index is 10.9. The number of fused-ring (bicyclic) bond motifs is 1. The first-order valence-electron chi connectivity index (χ1n) is 3.83. The van der Waals surface area contributed by atoms with Gasteiger partial charge in [0.25, 0.3) is 6.33 Å². The zero-order valence-corrected chi connectivity index (χ0v) is 7.10. The molecule has 0 spiro atoms. The van der Waals surface area contributed by atoms with Gasteiger partial charge in [0.2, 0.25) is 5.52 Å². The maximum Gasteiger partial charge on any atom is 0.290 e. The van der Waals surface area contributed by atoms with Crippen molar-refractivity contribution in [2.45, 2.75) is 0 Å². The van der Waals surface area contributed by atoms with Crippen molar-refractivity contribution in [3.8, 4) is 5.75 Å². The van der Waals surface area contributed by atoms with Crippen LogP contribution in [0, 0.1) is 5.21 Å². The molecule has 1 heterocycles. The zero-order valence-electron chi connectivity index (χ0n) is 7.10. The fraction of sp³-hybridized carbons (Fsp3) is 0.111. The molecule has 2 aromatic rings. The molecule has 0 saturated heterocycles. The largest absolute Gasteiger partial charge is 0.711 e. The third-order valence-corrected chi connectivity index (χ3v) is 1.82. The molecule has 0 aliphatic heterocycles. The second kappa shape index (κ2) is 2.90. The fourth-order valence-corrected chi connectivity index (χ4v) is 1.23. The molecule has 0 unspecified atom stereocenters. The lowest BCUT2D eigenvalue weighted by molar-refractivity contribution is -0.607. The molecule has 4 nitrogen and oxygen atoms in total. The van der Waals surface area contributed by atoms with E-state index in [2.05, 4.69) is 4.98 Å². The number of aromatic nitrogens is 2. The molecular formula is C9H8N2O2. The van der Waals surface area contributed by atoms with E-state index in [1.807, 2.05) is 18.2 Å². The van der Waals surface area contributed by atoms with E-state index in [0.717, 1.165) is 5.39 Å². The van der Waals surface area contributed by atoms with Gasteiger partial charge < -0.3 is 9.94 Å². The van der Waals surface area contributed by atoms with Crippen LogP contribution in [0.3, 0.4) is 0 Å². The molecule has 0 amide bonds. The van der Waals surface area contributed by atoms with Gasteiger partial charge in [0, 0.05) is 0 Å². The second-order valence-corrected chi connectivity index (χ2v) is 2.63. The molecule has 0 N–H and O–H groups in total. The first kappa shape index (κ1) is 7.79. The number of benzene rings is 1. The average molecular weight is 176 g/mol. The first-order valence-corrected chi connectivity index (χ1v) is 3.83. The molecule has 2 rings (SSSR count). The summed E-state index contributed by atoms with van der Waals surface area (Å²) in [4.78, 5) is 3.98. The van der Waals surface area contributed by atoms with Crippen molar-refractivity contribution in [2.24, 2.45) is 0 Å². The highest BCUT2D eigenvalue weighted by atomic mass is 16.5. The van der Waals surface area contributed by atoms with Crippen molar-refractivity contribution in [2.75, 3.05) is 7.11 Å². The van der Waals surface area contributed by atoms with Crippen LogP contribution in [-0.2, 0) is 0 Å². The minimum absolute atomic E-state index is 0.668. The van der Waals surface area contributed by atoms with Crippen LogP contribution in [0.15, 0.2) is 30.7 Å². The Bertz CT molecular complexity index is 443. The molecule has 13 heavy (non-hydrogen) atoms. The predicted molar refractivity (Wildman–Crippen MR) is 47.3 cm³/mol. The number of para-hydroxylation sites is 1. The summed E-state index contributed by atoms with van der Waals surface area (Å²) in [7, 11) is 1.58. The quantitative estimate of drug-likeness (QED) is 0.478. The predicted octanol–water partition coefficient (Wildman–Crippen LogP) is 0.877. The number of rotatable bonds is 1. The molecule has 0 aliphatic carbocycles. The lowest BCUT2D eigenvalue weighted by Crippen LogP contribution is -2.25. The van der Waals surface area contributed by atoms with Crippen LogP contribution in [0.1, 0.15) is 0 Å². The Kier molecular flexibility index (Phi) is 1.73. The number of hydrogen-bond donors (Lipinski definition) is 0. The van der Waals surface area contributed by atoms with Gasteiger partial charge >= 0.3 is 0 Å². The number of methoxy groups -OCH3 is 1. The van der Waals surface area contributed by atoms with Crippen molar-refractivity contribution in [1.82, 2.24) is 4.98 Å². The van der Waals surface area contributed by atoms with Gasteiger partial charge in [-0.3, -0.25) is 0 Å². The van der Waals surface area contributed by atoms with Crippen LogP contribution in [0.4, 0.5) is 0 Å².